The lowest BCUT2D eigenvalue weighted by molar-refractivity contribution is -0.131. The summed E-state index contributed by atoms with van der Waals surface area (Å²) in [5.41, 5.74) is 3.87. The van der Waals surface area contributed by atoms with Crippen molar-refractivity contribution in [2.24, 2.45) is 0 Å². The van der Waals surface area contributed by atoms with Crippen molar-refractivity contribution in [3.8, 4) is 6.07 Å². The van der Waals surface area contributed by atoms with Crippen LogP contribution in [0.15, 0.2) is 97.6 Å². The second kappa shape index (κ2) is 10.1. The van der Waals surface area contributed by atoms with Crippen LogP contribution < -0.4 is 0 Å². The van der Waals surface area contributed by atoms with Gasteiger partial charge in [0.05, 0.1) is 11.6 Å². The van der Waals surface area contributed by atoms with Gasteiger partial charge >= 0.3 is 0 Å². The fourth-order valence-electron chi connectivity index (χ4n) is 3.42. The van der Waals surface area contributed by atoms with Crippen molar-refractivity contribution in [3.63, 3.8) is 0 Å². The molecule has 3 nitrogen and oxygen atoms in total. The minimum atomic E-state index is -0.00168. The maximum absolute atomic E-state index is 13.2. The normalized spacial score (nSPS) is 10.3. The number of carbonyl (C=O) groups is 1. The summed E-state index contributed by atoms with van der Waals surface area (Å²) in [5, 5.41) is 8.97. The largest absolute Gasteiger partial charge is 0.335 e. The van der Waals surface area contributed by atoms with Gasteiger partial charge in [-0.05, 0) is 28.8 Å². The molecule has 0 aliphatic rings. The third-order valence-electron chi connectivity index (χ3n) is 4.94. The molecule has 0 fully saturated rings. The highest BCUT2D eigenvalue weighted by Crippen LogP contribution is 2.29. The van der Waals surface area contributed by atoms with Crippen LogP contribution in [0.5, 0.6) is 0 Å². The van der Waals surface area contributed by atoms with E-state index in [9.17, 15) is 4.79 Å². The minimum absolute atomic E-state index is 0.00168. The quantitative estimate of drug-likeness (QED) is 0.498. The Morgan fingerprint density at radius 3 is 1.97 bits per heavy atom. The number of nitrogens with zero attached hydrogens (tertiary/aromatic N) is 2. The average Bonchev–Trinajstić information content (AvgIpc) is 2.78. The number of rotatable bonds is 8. The second-order valence-corrected chi connectivity index (χ2v) is 6.95. The molecule has 0 bridgehead atoms. The number of amides is 1. The summed E-state index contributed by atoms with van der Waals surface area (Å²) in [6.45, 7) is 4.78. The van der Waals surface area contributed by atoms with Gasteiger partial charge in [-0.3, -0.25) is 4.79 Å². The summed E-state index contributed by atoms with van der Waals surface area (Å²) in [6.07, 6.45) is 2.14. The Bertz CT molecular complexity index is 933. The number of hydrogen-bond acceptors (Lipinski definition) is 2. The van der Waals surface area contributed by atoms with Gasteiger partial charge in [0.15, 0.2) is 0 Å². The fourth-order valence-corrected chi connectivity index (χ4v) is 3.42. The van der Waals surface area contributed by atoms with Gasteiger partial charge in [-0.15, -0.1) is 6.58 Å². The van der Waals surface area contributed by atoms with E-state index in [4.69, 9.17) is 5.26 Å². The third-order valence-corrected chi connectivity index (χ3v) is 4.94. The summed E-state index contributed by atoms with van der Waals surface area (Å²) >= 11 is 0. The van der Waals surface area contributed by atoms with Gasteiger partial charge in [0, 0.05) is 25.4 Å². The van der Waals surface area contributed by atoms with Gasteiger partial charge in [0.25, 0.3) is 0 Å². The predicted molar refractivity (Wildman–Crippen MR) is 116 cm³/mol. The zero-order valence-electron chi connectivity index (χ0n) is 16.4. The fraction of sp³-hybridized carbons (Fsp3) is 0.154. The van der Waals surface area contributed by atoms with Gasteiger partial charge < -0.3 is 4.90 Å². The zero-order valence-corrected chi connectivity index (χ0v) is 16.4. The Labute approximate surface area is 172 Å². The van der Waals surface area contributed by atoms with Gasteiger partial charge in [0.2, 0.25) is 5.91 Å². The molecule has 0 N–H and O–H groups in total. The Morgan fingerprint density at radius 1 is 0.931 bits per heavy atom. The zero-order chi connectivity index (χ0) is 20.5. The lowest BCUT2D eigenvalue weighted by atomic mass is 9.88. The molecule has 0 aliphatic carbocycles. The standard InChI is InChI=1S/C26H24N2O/c1-2-17-28(20-22-15-13-21(19-27)14-16-22)26(29)18-25(23-9-5-3-6-10-23)24-11-7-4-8-12-24/h2-16,25H,1,17-18,20H2. The first-order valence-electron chi connectivity index (χ1n) is 9.69. The Hall–Kier alpha value is -3.64. The Kier molecular flexibility index (Phi) is 6.97. The minimum Gasteiger partial charge on any atom is -0.335 e. The van der Waals surface area contributed by atoms with Crippen LogP contribution in [0.25, 0.3) is 0 Å². The van der Waals surface area contributed by atoms with Crippen LogP contribution in [0.3, 0.4) is 0 Å². The molecule has 0 saturated heterocycles. The van der Waals surface area contributed by atoms with E-state index in [1.165, 1.54) is 0 Å². The molecule has 0 aromatic heterocycles. The van der Waals surface area contributed by atoms with Crippen molar-refractivity contribution in [1.82, 2.24) is 4.90 Å². The van der Waals surface area contributed by atoms with Crippen molar-refractivity contribution in [3.05, 3.63) is 120 Å². The molecule has 3 rings (SSSR count). The summed E-state index contributed by atoms with van der Waals surface area (Å²) in [5.74, 6) is 0.0742. The van der Waals surface area contributed by atoms with E-state index in [2.05, 4.69) is 36.9 Å². The molecular formula is C26H24N2O. The average molecular weight is 380 g/mol. The molecule has 3 aromatic rings. The number of benzene rings is 3. The summed E-state index contributed by atoms with van der Waals surface area (Å²) in [6, 6.07) is 29.8. The van der Waals surface area contributed by atoms with E-state index in [1.54, 1.807) is 18.2 Å². The van der Waals surface area contributed by atoms with Crippen molar-refractivity contribution >= 4 is 5.91 Å². The first-order valence-corrected chi connectivity index (χ1v) is 9.69. The second-order valence-electron chi connectivity index (χ2n) is 6.95. The van der Waals surface area contributed by atoms with E-state index >= 15 is 0 Å². The van der Waals surface area contributed by atoms with Gasteiger partial charge in [-0.25, -0.2) is 0 Å². The molecule has 0 aliphatic heterocycles. The first-order chi connectivity index (χ1) is 14.2. The topological polar surface area (TPSA) is 44.1 Å². The lowest BCUT2D eigenvalue weighted by Crippen LogP contribution is -2.32. The molecule has 0 radical (unpaired) electrons. The van der Waals surface area contributed by atoms with Crippen molar-refractivity contribution in [2.75, 3.05) is 6.54 Å². The van der Waals surface area contributed by atoms with E-state index < -0.39 is 0 Å². The smallest absolute Gasteiger partial charge is 0.224 e. The van der Waals surface area contributed by atoms with Crippen LogP contribution in [0.2, 0.25) is 0 Å². The highest BCUT2D eigenvalue weighted by molar-refractivity contribution is 5.78. The number of carbonyl (C=O) groups excluding carboxylic acids is 1. The molecule has 1 amide bonds. The molecule has 29 heavy (non-hydrogen) atoms. The van der Waals surface area contributed by atoms with Crippen LogP contribution in [0, 0.1) is 11.3 Å². The van der Waals surface area contributed by atoms with Gasteiger partial charge in [0.1, 0.15) is 0 Å². The predicted octanol–water partition coefficient (Wildman–Crippen LogP) is 5.30. The highest BCUT2D eigenvalue weighted by Gasteiger charge is 2.21. The molecule has 144 valence electrons. The Morgan fingerprint density at radius 2 is 1.48 bits per heavy atom. The summed E-state index contributed by atoms with van der Waals surface area (Å²) < 4.78 is 0. The maximum atomic E-state index is 13.2. The van der Waals surface area contributed by atoms with Crippen LogP contribution in [-0.2, 0) is 11.3 Å². The van der Waals surface area contributed by atoms with E-state index in [1.807, 2.05) is 53.4 Å². The van der Waals surface area contributed by atoms with Gasteiger partial charge in [-0.2, -0.15) is 5.26 Å². The highest BCUT2D eigenvalue weighted by atomic mass is 16.2. The SMILES string of the molecule is C=CCN(Cc1ccc(C#N)cc1)C(=O)CC(c1ccccc1)c1ccccc1. The number of nitriles is 1. The first kappa shape index (κ1) is 20.1. The van der Waals surface area contributed by atoms with Crippen LogP contribution in [0.1, 0.15) is 34.6 Å². The monoisotopic (exact) mass is 380 g/mol. The summed E-state index contributed by atoms with van der Waals surface area (Å²) in [7, 11) is 0. The molecule has 3 heteroatoms. The van der Waals surface area contributed by atoms with E-state index in [0.29, 0.717) is 25.1 Å². The molecule has 3 aromatic carbocycles. The van der Waals surface area contributed by atoms with Crippen LogP contribution >= 0.6 is 0 Å². The van der Waals surface area contributed by atoms with Crippen molar-refractivity contribution in [2.45, 2.75) is 18.9 Å². The lowest BCUT2D eigenvalue weighted by Gasteiger charge is -2.25. The molecule has 0 atom stereocenters. The van der Waals surface area contributed by atoms with Gasteiger partial charge in [-0.1, -0.05) is 78.9 Å². The van der Waals surface area contributed by atoms with Crippen LogP contribution in [0.4, 0.5) is 0 Å². The van der Waals surface area contributed by atoms with Crippen molar-refractivity contribution < 1.29 is 4.79 Å². The molecule has 0 heterocycles. The number of hydrogen-bond donors (Lipinski definition) is 0. The maximum Gasteiger partial charge on any atom is 0.224 e. The molecule has 0 unspecified atom stereocenters. The van der Waals surface area contributed by atoms with Crippen LogP contribution in [-0.4, -0.2) is 17.4 Å². The molecule has 0 saturated carbocycles. The molecular weight excluding hydrogens is 356 g/mol. The Balaban J connectivity index is 1.81. The van der Waals surface area contributed by atoms with Crippen molar-refractivity contribution in [1.29, 1.82) is 5.26 Å². The summed E-state index contributed by atoms with van der Waals surface area (Å²) in [4.78, 5) is 15.1. The molecule has 0 spiro atoms. The third kappa shape index (κ3) is 5.43. The van der Waals surface area contributed by atoms with E-state index in [0.717, 1.165) is 16.7 Å². The van der Waals surface area contributed by atoms with E-state index in [-0.39, 0.29) is 11.8 Å².